The Labute approximate surface area is 143 Å². The maximum Gasteiger partial charge on any atom is 0.305 e. The van der Waals surface area contributed by atoms with Crippen LogP contribution >= 0.6 is 0 Å². The van der Waals surface area contributed by atoms with Gasteiger partial charge in [0.1, 0.15) is 0 Å². The van der Waals surface area contributed by atoms with Crippen LogP contribution in [0.4, 0.5) is 0 Å². The Morgan fingerprint density at radius 3 is 1.76 bits per heavy atom. The quantitative estimate of drug-likeness (QED) is 0.539. The Morgan fingerprint density at radius 2 is 1.24 bits per heavy atom. The number of benzene rings is 2. The normalized spacial score (nSPS) is 12.4. The van der Waals surface area contributed by atoms with E-state index in [9.17, 15) is 19.2 Å². The molecule has 25 heavy (non-hydrogen) atoms. The van der Waals surface area contributed by atoms with Gasteiger partial charge in [-0.15, -0.1) is 0 Å². The molecular formula is C19H14O6. The van der Waals surface area contributed by atoms with E-state index in [1.54, 1.807) is 24.3 Å². The van der Waals surface area contributed by atoms with Crippen molar-refractivity contribution in [2.75, 3.05) is 0 Å². The summed E-state index contributed by atoms with van der Waals surface area (Å²) >= 11 is 0. The van der Waals surface area contributed by atoms with Crippen LogP contribution in [0.1, 0.15) is 57.5 Å². The first-order valence-electron chi connectivity index (χ1n) is 7.55. The van der Waals surface area contributed by atoms with Gasteiger partial charge in [0.05, 0.1) is 0 Å². The van der Waals surface area contributed by atoms with E-state index in [0.717, 1.165) is 0 Å². The molecule has 2 aromatic carbocycles. The smallest absolute Gasteiger partial charge is 0.305 e. The van der Waals surface area contributed by atoms with Crippen molar-refractivity contribution in [3.63, 3.8) is 0 Å². The van der Waals surface area contributed by atoms with Crippen molar-refractivity contribution in [3.8, 4) is 0 Å². The van der Waals surface area contributed by atoms with E-state index < -0.39 is 18.2 Å². The molecule has 0 fully saturated rings. The lowest BCUT2D eigenvalue weighted by Crippen LogP contribution is -2.22. The minimum atomic E-state index is -1.28. The van der Waals surface area contributed by atoms with Gasteiger partial charge < -0.3 is 9.47 Å². The van der Waals surface area contributed by atoms with Gasteiger partial charge >= 0.3 is 11.9 Å². The average molecular weight is 338 g/mol. The van der Waals surface area contributed by atoms with Crippen molar-refractivity contribution >= 4 is 23.5 Å². The van der Waals surface area contributed by atoms with Crippen molar-refractivity contribution in [3.05, 3.63) is 70.3 Å². The first-order chi connectivity index (χ1) is 11.9. The SMILES string of the molecule is CC(=O)OC(OC(C)=O)c1ccc2c(c1)C(=O)c1ccccc1C2=O. The molecular weight excluding hydrogens is 324 g/mol. The van der Waals surface area contributed by atoms with Crippen molar-refractivity contribution in [2.24, 2.45) is 0 Å². The number of ether oxygens (including phenoxy) is 2. The number of esters is 2. The van der Waals surface area contributed by atoms with Gasteiger partial charge in [0, 0.05) is 41.7 Å². The molecule has 0 radical (unpaired) electrons. The van der Waals surface area contributed by atoms with E-state index in [-0.39, 0.29) is 22.7 Å². The van der Waals surface area contributed by atoms with Crippen molar-refractivity contribution in [1.82, 2.24) is 0 Å². The van der Waals surface area contributed by atoms with Gasteiger partial charge in [-0.1, -0.05) is 30.3 Å². The van der Waals surface area contributed by atoms with Gasteiger partial charge in [-0.3, -0.25) is 19.2 Å². The lowest BCUT2D eigenvalue weighted by atomic mass is 9.83. The third kappa shape index (κ3) is 3.06. The molecule has 0 aliphatic heterocycles. The predicted molar refractivity (Wildman–Crippen MR) is 86.0 cm³/mol. The fourth-order valence-electron chi connectivity index (χ4n) is 2.73. The monoisotopic (exact) mass is 338 g/mol. The highest BCUT2D eigenvalue weighted by Gasteiger charge is 2.31. The highest BCUT2D eigenvalue weighted by atomic mass is 16.7. The zero-order valence-electron chi connectivity index (χ0n) is 13.6. The number of carbonyl (C=O) groups is 4. The van der Waals surface area contributed by atoms with E-state index in [2.05, 4.69) is 0 Å². The highest BCUT2D eigenvalue weighted by Crippen LogP contribution is 2.30. The maximum absolute atomic E-state index is 12.7. The van der Waals surface area contributed by atoms with Gasteiger partial charge in [0.25, 0.3) is 6.29 Å². The van der Waals surface area contributed by atoms with E-state index in [0.29, 0.717) is 16.7 Å². The second kappa shape index (κ2) is 6.32. The molecule has 0 heterocycles. The summed E-state index contributed by atoms with van der Waals surface area (Å²) in [5.74, 6) is -1.85. The van der Waals surface area contributed by atoms with Crippen molar-refractivity contribution in [1.29, 1.82) is 0 Å². The molecule has 0 saturated heterocycles. The van der Waals surface area contributed by atoms with Gasteiger partial charge in [-0.25, -0.2) is 0 Å². The molecule has 3 rings (SSSR count). The Balaban J connectivity index is 2.07. The summed E-state index contributed by atoms with van der Waals surface area (Å²) in [7, 11) is 0. The zero-order chi connectivity index (χ0) is 18.1. The van der Waals surface area contributed by atoms with Crippen molar-refractivity contribution in [2.45, 2.75) is 20.1 Å². The molecule has 0 bridgehead atoms. The fourth-order valence-corrected chi connectivity index (χ4v) is 2.73. The highest BCUT2D eigenvalue weighted by molar-refractivity contribution is 6.28. The Kier molecular flexibility index (Phi) is 4.19. The van der Waals surface area contributed by atoms with E-state index in [4.69, 9.17) is 9.47 Å². The van der Waals surface area contributed by atoms with E-state index >= 15 is 0 Å². The summed E-state index contributed by atoms with van der Waals surface area (Å²) in [6, 6.07) is 10.9. The Bertz CT molecular complexity index is 896. The number of hydrogen-bond acceptors (Lipinski definition) is 6. The van der Waals surface area contributed by atoms with Crippen molar-refractivity contribution < 1.29 is 28.7 Å². The molecule has 0 spiro atoms. The minimum absolute atomic E-state index is 0.186. The molecule has 0 N–H and O–H groups in total. The third-order valence-electron chi connectivity index (χ3n) is 3.77. The predicted octanol–water partition coefficient (Wildman–Crippen LogP) is 2.59. The van der Waals surface area contributed by atoms with Gasteiger partial charge in [0.2, 0.25) is 0 Å². The molecule has 2 aromatic rings. The lowest BCUT2D eigenvalue weighted by molar-refractivity contribution is -0.186. The largest absolute Gasteiger partial charge is 0.421 e. The summed E-state index contributed by atoms with van der Waals surface area (Å²) in [5, 5.41) is 0. The van der Waals surface area contributed by atoms with Crippen LogP contribution in [0.2, 0.25) is 0 Å². The first kappa shape index (κ1) is 16.6. The molecule has 1 aliphatic rings. The second-order valence-electron chi connectivity index (χ2n) is 5.56. The lowest BCUT2D eigenvalue weighted by Gasteiger charge is -2.21. The molecule has 0 saturated carbocycles. The van der Waals surface area contributed by atoms with Crippen LogP contribution in [0.3, 0.4) is 0 Å². The number of carbonyl (C=O) groups excluding carboxylic acids is 4. The van der Waals surface area contributed by atoms with Crippen LogP contribution in [0.5, 0.6) is 0 Å². The molecule has 6 heteroatoms. The summed E-state index contributed by atoms with van der Waals surface area (Å²) in [5.41, 5.74) is 1.41. The topological polar surface area (TPSA) is 86.7 Å². The Hall–Kier alpha value is -3.28. The number of hydrogen-bond donors (Lipinski definition) is 0. The van der Waals surface area contributed by atoms with Crippen LogP contribution in [-0.4, -0.2) is 23.5 Å². The van der Waals surface area contributed by atoms with E-state index in [1.807, 2.05) is 0 Å². The summed E-state index contributed by atoms with van der Waals surface area (Å²) in [6.45, 7) is 2.36. The van der Waals surface area contributed by atoms with Crippen LogP contribution in [0.25, 0.3) is 0 Å². The second-order valence-corrected chi connectivity index (χ2v) is 5.56. The van der Waals surface area contributed by atoms with Crippen LogP contribution < -0.4 is 0 Å². The minimum Gasteiger partial charge on any atom is -0.421 e. The number of fused-ring (bicyclic) bond motifs is 2. The number of ketones is 2. The van der Waals surface area contributed by atoms with E-state index in [1.165, 1.54) is 32.0 Å². The van der Waals surface area contributed by atoms with Crippen LogP contribution in [-0.2, 0) is 19.1 Å². The molecule has 0 atom stereocenters. The number of rotatable bonds is 3. The summed E-state index contributed by atoms with van der Waals surface area (Å²) < 4.78 is 9.98. The zero-order valence-corrected chi connectivity index (χ0v) is 13.6. The summed E-state index contributed by atoms with van der Waals surface area (Å²) in [4.78, 5) is 47.8. The summed E-state index contributed by atoms with van der Waals surface area (Å²) in [6.07, 6.45) is -1.28. The third-order valence-corrected chi connectivity index (χ3v) is 3.77. The van der Waals surface area contributed by atoms with Gasteiger partial charge in [-0.2, -0.15) is 0 Å². The fraction of sp³-hybridized carbons (Fsp3) is 0.158. The molecule has 6 nitrogen and oxygen atoms in total. The van der Waals surface area contributed by atoms with Gasteiger partial charge in [-0.05, 0) is 12.1 Å². The standard InChI is InChI=1S/C19H14O6/c1-10(20)24-19(25-11(2)21)12-7-8-15-16(9-12)18(23)14-6-4-3-5-13(14)17(15)22/h3-9,19H,1-2H3. The average Bonchev–Trinajstić information content (AvgIpc) is 2.58. The molecule has 0 amide bonds. The van der Waals surface area contributed by atoms with Crippen LogP contribution in [0.15, 0.2) is 42.5 Å². The molecule has 1 aliphatic carbocycles. The van der Waals surface area contributed by atoms with Crippen LogP contribution in [0, 0.1) is 0 Å². The molecule has 0 unspecified atom stereocenters. The maximum atomic E-state index is 12.7. The Morgan fingerprint density at radius 1 is 0.760 bits per heavy atom. The molecule has 126 valence electrons. The molecule has 0 aromatic heterocycles. The first-order valence-corrected chi connectivity index (χ1v) is 7.55. The van der Waals surface area contributed by atoms with Gasteiger partial charge in [0.15, 0.2) is 11.6 Å².